The third-order valence-corrected chi connectivity index (χ3v) is 3.48. The van der Waals surface area contributed by atoms with E-state index in [1.807, 2.05) is 20.8 Å². The van der Waals surface area contributed by atoms with E-state index >= 15 is 0 Å². The lowest BCUT2D eigenvalue weighted by atomic mass is 9.73. The molecule has 1 unspecified atom stereocenters. The van der Waals surface area contributed by atoms with Crippen molar-refractivity contribution in [1.82, 2.24) is 4.90 Å². The molecule has 0 aromatic heterocycles. The molecule has 0 saturated carbocycles. The molecule has 1 atom stereocenters. The highest BCUT2D eigenvalue weighted by Gasteiger charge is 2.59. The van der Waals surface area contributed by atoms with Gasteiger partial charge in [0.15, 0.2) is 0 Å². The summed E-state index contributed by atoms with van der Waals surface area (Å²) in [6.45, 7) is 9.09. The van der Waals surface area contributed by atoms with Gasteiger partial charge in [0.05, 0.1) is 13.2 Å². The number of ether oxygens (including phenoxy) is 1. The molecule has 0 aromatic rings. The second-order valence-corrected chi connectivity index (χ2v) is 5.79. The zero-order valence-electron chi connectivity index (χ0n) is 10.6. The van der Waals surface area contributed by atoms with Crippen LogP contribution in [0.3, 0.4) is 0 Å². The van der Waals surface area contributed by atoms with Crippen LogP contribution in [0.4, 0.5) is 4.79 Å². The van der Waals surface area contributed by atoms with Crippen molar-refractivity contribution in [3.05, 3.63) is 0 Å². The van der Waals surface area contributed by atoms with E-state index in [-0.39, 0.29) is 13.2 Å². The predicted octanol–water partition coefficient (Wildman–Crippen LogP) is 1.51. The number of aliphatic hydroxyl groups excluding tert-OH is 1. The van der Waals surface area contributed by atoms with Gasteiger partial charge in [0, 0.05) is 0 Å². The molecular formula is C11H21NO4. The molecule has 5 heteroatoms. The Morgan fingerprint density at radius 1 is 1.44 bits per heavy atom. The number of carboxylic acid groups (broad SMARTS) is 1. The highest BCUT2D eigenvalue weighted by atomic mass is 16.5. The molecule has 0 spiro atoms. The fourth-order valence-electron chi connectivity index (χ4n) is 2.26. The lowest BCUT2D eigenvalue weighted by Crippen LogP contribution is -2.63. The number of hydrogen-bond acceptors (Lipinski definition) is 3. The number of rotatable bonds is 1. The summed E-state index contributed by atoms with van der Waals surface area (Å²) < 4.78 is 5.53. The number of amides is 1. The van der Waals surface area contributed by atoms with Crippen molar-refractivity contribution < 1.29 is 19.7 Å². The molecule has 1 heterocycles. The Morgan fingerprint density at radius 3 is 2.19 bits per heavy atom. The minimum absolute atomic E-state index is 0.215. The predicted molar refractivity (Wildman–Crippen MR) is 59.2 cm³/mol. The van der Waals surface area contributed by atoms with Crippen LogP contribution in [0.5, 0.6) is 0 Å². The second kappa shape index (κ2) is 3.60. The number of hydrogen-bond donors (Lipinski definition) is 2. The van der Waals surface area contributed by atoms with Crippen molar-refractivity contribution in [1.29, 1.82) is 0 Å². The van der Waals surface area contributed by atoms with E-state index < -0.39 is 22.8 Å². The van der Waals surface area contributed by atoms with Gasteiger partial charge >= 0.3 is 6.09 Å². The highest BCUT2D eigenvalue weighted by molar-refractivity contribution is 5.68. The van der Waals surface area contributed by atoms with Crippen molar-refractivity contribution in [2.45, 2.75) is 45.9 Å². The molecule has 16 heavy (non-hydrogen) atoms. The number of carbonyl (C=O) groups is 1. The molecule has 1 amide bonds. The Morgan fingerprint density at radius 2 is 1.94 bits per heavy atom. The zero-order chi connectivity index (χ0) is 12.8. The van der Waals surface area contributed by atoms with Crippen molar-refractivity contribution in [2.75, 3.05) is 13.2 Å². The van der Waals surface area contributed by atoms with E-state index in [0.29, 0.717) is 0 Å². The summed E-state index contributed by atoms with van der Waals surface area (Å²) >= 11 is 0. The summed E-state index contributed by atoms with van der Waals surface area (Å²) in [5, 5.41) is 18.9. The largest absolute Gasteiger partial charge is 0.465 e. The lowest BCUT2D eigenvalue weighted by molar-refractivity contribution is -0.0667. The van der Waals surface area contributed by atoms with Crippen LogP contribution in [0.1, 0.15) is 34.6 Å². The van der Waals surface area contributed by atoms with Gasteiger partial charge in [0.1, 0.15) is 11.3 Å². The van der Waals surface area contributed by atoms with Gasteiger partial charge < -0.3 is 14.9 Å². The SMILES string of the molecule is CC1(C)OCC(CO)(C(C)(C)C)N1C(=O)O. The maximum atomic E-state index is 11.4. The third-order valence-electron chi connectivity index (χ3n) is 3.48. The first kappa shape index (κ1) is 13.3. The Bertz CT molecular complexity index is 295. The van der Waals surface area contributed by atoms with Crippen molar-refractivity contribution in [3.8, 4) is 0 Å². The minimum atomic E-state index is -1.06. The normalized spacial score (nSPS) is 29.5. The lowest BCUT2D eigenvalue weighted by Gasteiger charge is -2.46. The number of aliphatic hydroxyl groups is 1. The highest BCUT2D eigenvalue weighted by Crippen LogP contribution is 2.45. The summed E-state index contributed by atoms with van der Waals surface area (Å²) in [5.41, 5.74) is -2.18. The Hall–Kier alpha value is -0.810. The first-order valence-electron chi connectivity index (χ1n) is 5.36. The van der Waals surface area contributed by atoms with Crippen LogP contribution in [-0.2, 0) is 4.74 Å². The second-order valence-electron chi connectivity index (χ2n) is 5.79. The van der Waals surface area contributed by atoms with Gasteiger partial charge in [-0.2, -0.15) is 0 Å². The Labute approximate surface area is 96.0 Å². The van der Waals surface area contributed by atoms with Gasteiger partial charge in [-0.1, -0.05) is 20.8 Å². The molecule has 0 aliphatic carbocycles. The van der Waals surface area contributed by atoms with Crippen LogP contribution >= 0.6 is 0 Å². The maximum absolute atomic E-state index is 11.4. The topological polar surface area (TPSA) is 70.0 Å². The quantitative estimate of drug-likeness (QED) is 0.717. The van der Waals surface area contributed by atoms with Crippen LogP contribution < -0.4 is 0 Å². The smallest absolute Gasteiger partial charge is 0.410 e. The van der Waals surface area contributed by atoms with E-state index in [2.05, 4.69) is 0 Å². The molecule has 94 valence electrons. The van der Waals surface area contributed by atoms with Crippen LogP contribution in [0.15, 0.2) is 0 Å². The van der Waals surface area contributed by atoms with E-state index in [1.165, 1.54) is 4.90 Å². The molecule has 1 aliphatic rings. The summed E-state index contributed by atoms with van der Waals surface area (Å²) in [6, 6.07) is 0. The molecule has 1 rings (SSSR count). The minimum Gasteiger partial charge on any atom is -0.465 e. The summed E-state index contributed by atoms with van der Waals surface area (Å²) in [6.07, 6.45) is -1.06. The van der Waals surface area contributed by atoms with Crippen molar-refractivity contribution in [2.24, 2.45) is 5.41 Å². The molecule has 5 nitrogen and oxygen atoms in total. The monoisotopic (exact) mass is 231 g/mol. The maximum Gasteiger partial charge on any atom is 0.410 e. The van der Waals surface area contributed by atoms with Gasteiger partial charge in [-0.15, -0.1) is 0 Å². The van der Waals surface area contributed by atoms with Crippen LogP contribution in [0.25, 0.3) is 0 Å². The van der Waals surface area contributed by atoms with Gasteiger partial charge in [-0.05, 0) is 19.3 Å². The standard InChI is InChI=1S/C11H21NO4/c1-9(2,3)11(6-13)7-16-10(4,5)12(11)8(14)15/h13H,6-7H2,1-5H3,(H,14,15). The summed E-state index contributed by atoms with van der Waals surface area (Å²) in [4.78, 5) is 12.6. The van der Waals surface area contributed by atoms with Crippen LogP contribution in [0.2, 0.25) is 0 Å². The average molecular weight is 231 g/mol. The van der Waals surface area contributed by atoms with E-state index in [0.717, 1.165) is 0 Å². The van der Waals surface area contributed by atoms with E-state index in [1.54, 1.807) is 13.8 Å². The van der Waals surface area contributed by atoms with Crippen molar-refractivity contribution >= 4 is 6.09 Å². The van der Waals surface area contributed by atoms with Gasteiger partial charge in [0.2, 0.25) is 0 Å². The van der Waals surface area contributed by atoms with Crippen LogP contribution in [0, 0.1) is 5.41 Å². The molecule has 0 radical (unpaired) electrons. The molecule has 0 aromatic carbocycles. The summed E-state index contributed by atoms with van der Waals surface area (Å²) in [5.74, 6) is 0. The molecule has 1 fully saturated rings. The number of nitrogens with zero attached hydrogens (tertiary/aromatic N) is 1. The Balaban J connectivity index is 3.27. The molecule has 0 bridgehead atoms. The van der Waals surface area contributed by atoms with Crippen LogP contribution in [-0.4, -0.2) is 45.7 Å². The molecule has 2 N–H and O–H groups in total. The van der Waals surface area contributed by atoms with E-state index in [4.69, 9.17) is 4.74 Å². The fourth-order valence-corrected chi connectivity index (χ4v) is 2.26. The first-order chi connectivity index (χ1) is 7.08. The Kier molecular flexibility index (Phi) is 2.98. The van der Waals surface area contributed by atoms with Gasteiger partial charge in [-0.25, -0.2) is 4.79 Å². The third kappa shape index (κ3) is 1.68. The summed E-state index contributed by atoms with van der Waals surface area (Å²) in [7, 11) is 0. The van der Waals surface area contributed by atoms with Gasteiger partial charge in [0.25, 0.3) is 0 Å². The molecule has 1 aliphatic heterocycles. The zero-order valence-corrected chi connectivity index (χ0v) is 10.6. The molecule has 1 saturated heterocycles. The van der Waals surface area contributed by atoms with E-state index in [9.17, 15) is 15.0 Å². The molecular weight excluding hydrogens is 210 g/mol. The average Bonchev–Trinajstić information content (AvgIpc) is 2.36. The first-order valence-corrected chi connectivity index (χ1v) is 5.36. The van der Waals surface area contributed by atoms with Gasteiger partial charge in [-0.3, -0.25) is 4.90 Å². The fraction of sp³-hybridized carbons (Fsp3) is 0.909. The van der Waals surface area contributed by atoms with Crippen molar-refractivity contribution in [3.63, 3.8) is 0 Å².